The van der Waals surface area contributed by atoms with Crippen molar-refractivity contribution in [3.05, 3.63) is 0 Å². The summed E-state index contributed by atoms with van der Waals surface area (Å²) in [7, 11) is 0. The Balaban J connectivity index is 0.000000187. The summed E-state index contributed by atoms with van der Waals surface area (Å²) in [6.07, 6.45) is -0.296. The van der Waals surface area contributed by atoms with Gasteiger partial charge in [0.1, 0.15) is 11.9 Å². The van der Waals surface area contributed by atoms with Gasteiger partial charge >= 0.3 is 12.1 Å². The van der Waals surface area contributed by atoms with Crippen LogP contribution in [-0.2, 0) is 9.53 Å². The summed E-state index contributed by atoms with van der Waals surface area (Å²) in [6, 6.07) is 0. The van der Waals surface area contributed by atoms with Crippen LogP contribution >= 0.6 is 15.9 Å². The third kappa shape index (κ3) is 7.11. The average molecular weight is 226 g/mol. The second-order valence-electron chi connectivity index (χ2n) is 1.59. The number of rotatable bonds is 1. The summed E-state index contributed by atoms with van der Waals surface area (Å²) in [5.41, 5.74) is 0. The molecule has 11 heavy (non-hydrogen) atoms. The Morgan fingerprint density at radius 1 is 1.82 bits per heavy atom. The van der Waals surface area contributed by atoms with Gasteiger partial charge in [0.25, 0.3) is 0 Å². The fourth-order valence-electron chi connectivity index (χ4n) is 0.348. The second kappa shape index (κ2) is 5.96. The Kier molecular flexibility index (Phi) is 5.54. The van der Waals surface area contributed by atoms with Crippen molar-refractivity contribution in [1.29, 1.82) is 0 Å². The number of carboxylic acid groups (broad SMARTS) is 1. The Morgan fingerprint density at radius 3 is 2.45 bits per heavy atom. The van der Waals surface area contributed by atoms with Crippen LogP contribution in [0.5, 0.6) is 0 Å². The Labute approximate surface area is 71.8 Å². The number of alkyl carbamates (subject to hydrolysis) is 1. The lowest BCUT2D eigenvalue weighted by atomic mass is 10.7. The van der Waals surface area contributed by atoms with Crippen LogP contribution in [0.4, 0.5) is 4.79 Å². The van der Waals surface area contributed by atoms with E-state index in [1.54, 1.807) is 0 Å². The van der Waals surface area contributed by atoms with Crippen molar-refractivity contribution in [2.45, 2.75) is 0 Å². The number of carbonyl (C=O) groups is 2. The van der Waals surface area contributed by atoms with Gasteiger partial charge in [0.05, 0.1) is 6.54 Å². The van der Waals surface area contributed by atoms with Gasteiger partial charge in [-0.05, 0) is 0 Å². The maximum absolute atomic E-state index is 9.91. The summed E-state index contributed by atoms with van der Waals surface area (Å²) in [4.78, 5) is 19.2. The van der Waals surface area contributed by atoms with Gasteiger partial charge in [-0.25, -0.2) is 4.79 Å². The maximum Gasteiger partial charge on any atom is 0.407 e. The number of carbonyl (C=O) groups excluding carboxylic acids is 1. The van der Waals surface area contributed by atoms with E-state index >= 15 is 0 Å². The van der Waals surface area contributed by atoms with E-state index in [0.29, 0.717) is 13.2 Å². The molecule has 6 heteroatoms. The Morgan fingerprint density at radius 2 is 2.36 bits per heavy atom. The average Bonchev–Trinajstić information content (AvgIpc) is 2.41. The normalized spacial score (nSPS) is 14.1. The first kappa shape index (κ1) is 10.2. The standard InChI is InChI=1S/C3H5NO2.C2H3BrO2/c5-3-4-1-2-6-3;3-1-2(4)5/h1-2H2,(H,4,5);1H2,(H,4,5). The summed E-state index contributed by atoms with van der Waals surface area (Å²) >= 11 is 2.71. The fraction of sp³-hybridized carbons (Fsp3) is 0.600. The summed E-state index contributed by atoms with van der Waals surface area (Å²) in [6.45, 7) is 1.19. The third-order valence-electron chi connectivity index (χ3n) is 0.719. The number of amides is 1. The lowest BCUT2D eigenvalue weighted by molar-refractivity contribution is -0.133. The molecule has 0 aliphatic carbocycles. The molecule has 0 saturated carbocycles. The molecule has 0 unspecified atom stereocenters. The highest BCUT2D eigenvalue weighted by Crippen LogP contribution is 1.82. The van der Waals surface area contributed by atoms with E-state index in [4.69, 9.17) is 5.11 Å². The van der Waals surface area contributed by atoms with Crippen LogP contribution in [0.15, 0.2) is 0 Å². The fourth-order valence-corrected chi connectivity index (χ4v) is 0.348. The van der Waals surface area contributed by atoms with Crippen molar-refractivity contribution >= 4 is 28.0 Å². The molecule has 0 atom stereocenters. The number of alkyl halides is 1. The van der Waals surface area contributed by atoms with Crippen LogP contribution in [-0.4, -0.2) is 35.7 Å². The van der Waals surface area contributed by atoms with E-state index < -0.39 is 5.97 Å². The number of aliphatic carboxylic acids is 1. The molecule has 0 aromatic carbocycles. The smallest absolute Gasteiger partial charge is 0.407 e. The molecule has 1 rings (SSSR count). The van der Waals surface area contributed by atoms with Crippen LogP contribution in [0.1, 0.15) is 0 Å². The lowest BCUT2D eigenvalue weighted by Gasteiger charge is -1.80. The van der Waals surface area contributed by atoms with Crippen LogP contribution in [0.2, 0.25) is 0 Å². The molecule has 1 aliphatic heterocycles. The molecule has 0 radical (unpaired) electrons. The molecule has 0 spiro atoms. The van der Waals surface area contributed by atoms with Crippen LogP contribution in [0.25, 0.3) is 0 Å². The van der Waals surface area contributed by atoms with Gasteiger partial charge in [-0.2, -0.15) is 0 Å². The van der Waals surface area contributed by atoms with Gasteiger partial charge in [-0.15, -0.1) is 0 Å². The highest BCUT2D eigenvalue weighted by molar-refractivity contribution is 9.09. The Hall–Kier alpha value is -0.780. The number of hydrogen-bond acceptors (Lipinski definition) is 3. The quantitative estimate of drug-likeness (QED) is 0.626. The van der Waals surface area contributed by atoms with Crippen molar-refractivity contribution in [3.63, 3.8) is 0 Å². The molecule has 1 amide bonds. The third-order valence-corrected chi connectivity index (χ3v) is 1.20. The maximum atomic E-state index is 9.91. The highest BCUT2D eigenvalue weighted by atomic mass is 79.9. The molecular formula is C5H8BrNO4. The van der Waals surface area contributed by atoms with Crippen molar-refractivity contribution in [1.82, 2.24) is 5.32 Å². The molecule has 1 aliphatic rings. The zero-order valence-corrected chi connectivity index (χ0v) is 7.26. The molecule has 0 bridgehead atoms. The first-order valence-electron chi connectivity index (χ1n) is 2.85. The molecule has 1 saturated heterocycles. The molecule has 0 aromatic heterocycles. The minimum atomic E-state index is -0.829. The van der Waals surface area contributed by atoms with Crippen molar-refractivity contribution in [3.8, 4) is 0 Å². The van der Waals surface area contributed by atoms with Crippen molar-refractivity contribution < 1.29 is 19.4 Å². The van der Waals surface area contributed by atoms with Gasteiger partial charge in [-0.1, -0.05) is 15.9 Å². The van der Waals surface area contributed by atoms with E-state index in [2.05, 4.69) is 26.0 Å². The Bertz CT molecular complexity index is 141. The molecule has 2 N–H and O–H groups in total. The highest BCUT2D eigenvalue weighted by Gasteiger charge is 2.06. The largest absolute Gasteiger partial charge is 0.481 e. The number of halogens is 1. The van der Waals surface area contributed by atoms with Crippen LogP contribution in [0, 0.1) is 0 Å². The van der Waals surface area contributed by atoms with Gasteiger partial charge in [0, 0.05) is 0 Å². The zero-order chi connectivity index (χ0) is 8.69. The number of cyclic esters (lactones) is 1. The molecule has 1 heterocycles. The van der Waals surface area contributed by atoms with Crippen molar-refractivity contribution in [2.24, 2.45) is 0 Å². The molecule has 64 valence electrons. The first-order chi connectivity index (χ1) is 5.16. The summed E-state index contributed by atoms with van der Waals surface area (Å²) < 4.78 is 4.40. The molecule has 5 nitrogen and oxygen atoms in total. The van der Waals surface area contributed by atoms with Gasteiger partial charge in [-0.3, -0.25) is 4.79 Å². The van der Waals surface area contributed by atoms with Gasteiger partial charge in [0.15, 0.2) is 0 Å². The number of ether oxygens (including phenoxy) is 1. The van der Waals surface area contributed by atoms with E-state index in [1.165, 1.54) is 0 Å². The van der Waals surface area contributed by atoms with Crippen LogP contribution in [0.3, 0.4) is 0 Å². The minimum Gasteiger partial charge on any atom is -0.481 e. The van der Waals surface area contributed by atoms with E-state index in [1.807, 2.05) is 0 Å². The number of nitrogens with one attached hydrogen (secondary N) is 1. The summed E-state index contributed by atoms with van der Waals surface area (Å²) in [5.74, 6) is -0.829. The molecule has 0 aromatic rings. The predicted octanol–water partition coefficient (Wildman–Crippen LogP) is 0.192. The lowest BCUT2D eigenvalue weighted by Crippen LogP contribution is -2.11. The minimum absolute atomic E-state index is 0.0347. The monoisotopic (exact) mass is 225 g/mol. The van der Waals surface area contributed by atoms with Gasteiger partial charge < -0.3 is 15.2 Å². The predicted molar refractivity (Wildman–Crippen MR) is 40.8 cm³/mol. The van der Waals surface area contributed by atoms with E-state index in [0.717, 1.165) is 0 Å². The first-order valence-corrected chi connectivity index (χ1v) is 3.97. The summed E-state index contributed by atoms with van der Waals surface area (Å²) in [5, 5.41) is 10.2. The van der Waals surface area contributed by atoms with E-state index in [9.17, 15) is 9.59 Å². The zero-order valence-electron chi connectivity index (χ0n) is 5.67. The second-order valence-corrected chi connectivity index (χ2v) is 2.15. The molecule has 1 fully saturated rings. The topological polar surface area (TPSA) is 75.6 Å². The van der Waals surface area contributed by atoms with Crippen LogP contribution < -0.4 is 5.32 Å². The number of hydrogen-bond donors (Lipinski definition) is 2. The van der Waals surface area contributed by atoms with E-state index in [-0.39, 0.29) is 11.4 Å². The number of carboxylic acids is 1. The SMILES string of the molecule is O=C(O)CBr.O=C1NCCO1. The van der Waals surface area contributed by atoms with Gasteiger partial charge in [0.2, 0.25) is 0 Å². The van der Waals surface area contributed by atoms with Crippen molar-refractivity contribution in [2.75, 3.05) is 18.5 Å². The molecular weight excluding hydrogens is 218 g/mol.